The molecule has 3 N–H and O–H groups in total. The van der Waals surface area contributed by atoms with E-state index < -0.39 is 5.92 Å². The second-order valence-electron chi connectivity index (χ2n) is 7.06. The lowest BCUT2D eigenvalue weighted by atomic mass is 9.91. The maximum absolute atomic E-state index is 9.79. The molecule has 6 nitrogen and oxygen atoms in total. The van der Waals surface area contributed by atoms with Crippen LogP contribution in [0.5, 0.6) is 0 Å². The van der Waals surface area contributed by atoms with Crippen LogP contribution in [0.2, 0.25) is 10.0 Å². The fraction of sp³-hybridized carbons (Fsp3) is 0.261. The van der Waals surface area contributed by atoms with Crippen LogP contribution in [-0.4, -0.2) is 23.1 Å². The number of aromatic nitrogens is 2. The monoisotopic (exact) mass is 454 g/mol. The smallest absolute Gasteiger partial charge is 0.159 e. The van der Waals surface area contributed by atoms with Gasteiger partial charge in [-0.05, 0) is 55.7 Å². The summed E-state index contributed by atoms with van der Waals surface area (Å²) in [5, 5.41) is 14.2. The Kier molecular flexibility index (Phi) is 7.21. The summed E-state index contributed by atoms with van der Waals surface area (Å²) in [4.78, 5) is 10.7. The summed E-state index contributed by atoms with van der Waals surface area (Å²) < 4.78 is 0. The summed E-state index contributed by atoms with van der Waals surface area (Å²) in [6, 6.07) is 13.3. The van der Waals surface area contributed by atoms with E-state index >= 15 is 0 Å². The predicted octanol–water partition coefficient (Wildman–Crippen LogP) is 5.92. The van der Waals surface area contributed by atoms with Gasteiger partial charge in [0.05, 0.1) is 12.0 Å². The van der Waals surface area contributed by atoms with Crippen molar-refractivity contribution in [1.82, 2.24) is 9.97 Å². The molecule has 0 amide bonds. The number of nitriles is 1. The van der Waals surface area contributed by atoms with Gasteiger partial charge in [0, 0.05) is 28.8 Å². The fourth-order valence-corrected chi connectivity index (χ4v) is 3.83. The highest BCUT2D eigenvalue weighted by Crippen LogP contribution is 2.36. The minimum Gasteiger partial charge on any atom is -0.393 e. The maximum Gasteiger partial charge on any atom is 0.159 e. The molecule has 0 aliphatic rings. The van der Waals surface area contributed by atoms with Gasteiger partial charge in [-0.15, -0.1) is 0 Å². The van der Waals surface area contributed by atoms with Crippen LogP contribution in [0, 0.1) is 18.3 Å². The van der Waals surface area contributed by atoms with Crippen molar-refractivity contribution in [2.75, 3.05) is 29.0 Å². The van der Waals surface area contributed by atoms with Crippen LogP contribution in [0.25, 0.3) is 0 Å². The molecule has 0 fully saturated rings. The molecular formula is C23H24Cl2N6. The Hall–Kier alpha value is -3.01. The van der Waals surface area contributed by atoms with Gasteiger partial charge >= 0.3 is 0 Å². The van der Waals surface area contributed by atoms with Crippen LogP contribution in [0.15, 0.2) is 42.7 Å². The summed E-state index contributed by atoms with van der Waals surface area (Å²) >= 11 is 12.6. The maximum atomic E-state index is 9.79. The van der Waals surface area contributed by atoms with Crippen molar-refractivity contribution in [3.8, 4) is 6.07 Å². The zero-order valence-electron chi connectivity index (χ0n) is 17.7. The molecule has 2 aromatic carbocycles. The molecule has 160 valence electrons. The van der Waals surface area contributed by atoms with Gasteiger partial charge in [-0.3, -0.25) is 0 Å². The summed E-state index contributed by atoms with van der Waals surface area (Å²) in [5.74, 6) is 0.699. The molecule has 0 aliphatic heterocycles. The summed E-state index contributed by atoms with van der Waals surface area (Å²) in [5.41, 5.74) is 10.1. The van der Waals surface area contributed by atoms with Gasteiger partial charge in [-0.25, -0.2) is 9.97 Å². The van der Waals surface area contributed by atoms with Gasteiger partial charge in [0.1, 0.15) is 12.0 Å². The van der Waals surface area contributed by atoms with Crippen molar-refractivity contribution in [2.45, 2.75) is 26.7 Å². The molecule has 1 aromatic heterocycles. The topological polar surface area (TPSA) is 90.9 Å². The Morgan fingerprint density at radius 2 is 1.81 bits per heavy atom. The van der Waals surface area contributed by atoms with E-state index in [2.05, 4.69) is 26.3 Å². The second-order valence-corrected chi connectivity index (χ2v) is 7.90. The minimum atomic E-state index is -0.504. The zero-order valence-corrected chi connectivity index (χ0v) is 19.2. The highest BCUT2D eigenvalue weighted by atomic mass is 35.5. The van der Waals surface area contributed by atoms with E-state index in [0.717, 1.165) is 35.5 Å². The van der Waals surface area contributed by atoms with Gasteiger partial charge in [0.2, 0.25) is 0 Å². The van der Waals surface area contributed by atoms with Crippen molar-refractivity contribution in [2.24, 2.45) is 0 Å². The Bertz CT molecular complexity index is 1100. The molecule has 1 atom stereocenters. The van der Waals surface area contributed by atoms with E-state index in [9.17, 15) is 5.26 Å². The third-order valence-electron chi connectivity index (χ3n) is 5.17. The number of nitrogens with two attached hydrogens (primary N) is 1. The zero-order chi connectivity index (χ0) is 22.5. The second kappa shape index (κ2) is 9.86. The lowest BCUT2D eigenvalue weighted by Crippen LogP contribution is -2.24. The quantitative estimate of drug-likeness (QED) is 0.460. The number of nitrogens with one attached hydrogen (secondary N) is 1. The number of aryl methyl sites for hydroxylation is 1. The number of nitrogen functional groups attached to an aromatic ring is 1. The van der Waals surface area contributed by atoms with E-state index in [0.29, 0.717) is 27.4 Å². The Balaban J connectivity index is 1.95. The molecule has 3 rings (SSSR count). The third kappa shape index (κ3) is 4.84. The molecule has 0 aliphatic carbocycles. The van der Waals surface area contributed by atoms with Crippen LogP contribution in [0.4, 0.5) is 23.0 Å². The normalized spacial score (nSPS) is 11.6. The van der Waals surface area contributed by atoms with Crippen molar-refractivity contribution in [1.29, 1.82) is 5.26 Å². The van der Waals surface area contributed by atoms with Crippen molar-refractivity contribution in [3.63, 3.8) is 0 Å². The molecule has 8 heteroatoms. The van der Waals surface area contributed by atoms with E-state index in [1.165, 1.54) is 6.33 Å². The number of hydrogen-bond donors (Lipinski definition) is 2. The minimum absolute atomic E-state index is 0.474. The third-order valence-corrected chi connectivity index (χ3v) is 5.75. The van der Waals surface area contributed by atoms with E-state index in [-0.39, 0.29) is 0 Å². The molecule has 1 heterocycles. The van der Waals surface area contributed by atoms with Crippen molar-refractivity contribution >= 4 is 46.2 Å². The standard InChI is InChI=1S/C23H24Cl2N6/c1-4-31(5-2)23-21(27)22(28-13-29-23)30-20-11-19(25)17(10-14(20)3)18(12-26)15-6-8-16(24)9-7-15/h6-11,13,18H,4-5,27H2,1-3H3,(H,28,29,30). The van der Waals surface area contributed by atoms with E-state index in [4.69, 9.17) is 28.9 Å². The first kappa shape index (κ1) is 22.7. The fourth-order valence-electron chi connectivity index (χ4n) is 3.43. The molecular weight excluding hydrogens is 431 g/mol. The lowest BCUT2D eigenvalue weighted by molar-refractivity contribution is 0.844. The van der Waals surface area contributed by atoms with Gasteiger partial charge in [0.15, 0.2) is 11.6 Å². The average molecular weight is 455 g/mol. The Morgan fingerprint density at radius 3 is 2.42 bits per heavy atom. The van der Waals surface area contributed by atoms with Crippen molar-refractivity contribution < 1.29 is 0 Å². The van der Waals surface area contributed by atoms with Gasteiger partial charge < -0.3 is 16.0 Å². The summed E-state index contributed by atoms with van der Waals surface area (Å²) in [6.45, 7) is 7.62. The highest BCUT2D eigenvalue weighted by Gasteiger charge is 2.19. The summed E-state index contributed by atoms with van der Waals surface area (Å²) in [7, 11) is 0. The number of rotatable bonds is 7. The van der Waals surface area contributed by atoms with E-state index in [1.807, 2.05) is 39.0 Å². The van der Waals surface area contributed by atoms with Crippen LogP contribution in [0.1, 0.15) is 36.5 Å². The number of benzene rings is 2. The first-order valence-corrected chi connectivity index (χ1v) is 10.7. The lowest BCUT2D eigenvalue weighted by Gasteiger charge is -2.22. The van der Waals surface area contributed by atoms with Crippen LogP contribution < -0.4 is 16.0 Å². The predicted molar refractivity (Wildman–Crippen MR) is 128 cm³/mol. The Morgan fingerprint density at radius 1 is 1.13 bits per heavy atom. The highest BCUT2D eigenvalue weighted by molar-refractivity contribution is 6.32. The van der Waals surface area contributed by atoms with Gasteiger partial charge in [0.25, 0.3) is 0 Å². The first-order valence-electron chi connectivity index (χ1n) is 9.97. The molecule has 0 radical (unpaired) electrons. The first-order chi connectivity index (χ1) is 14.9. The van der Waals surface area contributed by atoms with Crippen LogP contribution >= 0.6 is 23.2 Å². The summed E-state index contributed by atoms with van der Waals surface area (Å²) in [6.07, 6.45) is 1.49. The van der Waals surface area contributed by atoms with Crippen LogP contribution in [0.3, 0.4) is 0 Å². The number of halogens is 2. The van der Waals surface area contributed by atoms with E-state index in [1.54, 1.807) is 18.2 Å². The molecule has 0 saturated heterocycles. The van der Waals surface area contributed by atoms with Gasteiger partial charge in [-0.2, -0.15) is 5.26 Å². The largest absolute Gasteiger partial charge is 0.393 e. The number of anilines is 4. The molecule has 0 spiro atoms. The number of hydrogen-bond acceptors (Lipinski definition) is 6. The molecule has 0 saturated carbocycles. The molecule has 31 heavy (non-hydrogen) atoms. The Labute approximate surface area is 192 Å². The molecule has 1 unspecified atom stereocenters. The molecule has 3 aromatic rings. The number of nitrogens with zero attached hydrogens (tertiary/aromatic N) is 4. The van der Waals surface area contributed by atoms with Crippen LogP contribution in [-0.2, 0) is 0 Å². The van der Waals surface area contributed by atoms with Crippen molar-refractivity contribution in [3.05, 3.63) is 69.5 Å². The SMILES string of the molecule is CCN(CC)c1ncnc(Nc2cc(Cl)c(C(C#N)c3ccc(Cl)cc3)cc2C)c1N. The van der Waals surface area contributed by atoms with Gasteiger partial charge in [-0.1, -0.05) is 41.4 Å². The molecule has 0 bridgehead atoms. The average Bonchev–Trinajstić information content (AvgIpc) is 2.76.